The van der Waals surface area contributed by atoms with Crippen LogP contribution in [0.2, 0.25) is 0 Å². The van der Waals surface area contributed by atoms with Gasteiger partial charge in [0.05, 0.1) is 5.92 Å². The molecule has 0 spiro atoms. The van der Waals surface area contributed by atoms with E-state index in [9.17, 15) is 13.6 Å². The van der Waals surface area contributed by atoms with Gasteiger partial charge in [0.25, 0.3) is 6.02 Å². The van der Waals surface area contributed by atoms with E-state index >= 15 is 0 Å². The predicted octanol–water partition coefficient (Wildman–Crippen LogP) is 0.446. The second kappa shape index (κ2) is 3.05. The number of rotatable bonds is 2. The molecule has 0 saturated heterocycles. The highest BCUT2D eigenvalue weighted by atomic mass is 19.3. The van der Waals surface area contributed by atoms with Crippen molar-refractivity contribution in [1.82, 2.24) is 0 Å². The molecule has 1 saturated carbocycles. The fraction of sp³-hybridized carbons (Fsp3) is 0.778. The molecule has 16 heavy (non-hydrogen) atoms. The van der Waals surface area contributed by atoms with Gasteiger partial charge in [-0.25, -0.2) is 13.8 Å². The number of carboxylic acids is 1. The number of carboxylic acid groups (broad SMARTS) is 1. The quantitative estimate of drug-likeness (QED) is 0.726. The Bertz CT molecular complexity index is 372. The fourth-order valence-corrected chi connectivity index (χ4v) is 2.10. The van der Waals surface area contributed by atoms with Crippen LogP contribution in [0.3, 0.4) is 0 Å². The minimum Gasteiger partial charge on any atom is -0.481 e. The molecule has 5 nitrogen and oxygen atoms in total. The van der Waals surface area contributed by atoms with E-state index in [0.29, 0.717) is 0 Å². The average Bonchev–Trinajstić information content (AvgIpc) is 2.92. The van der Waals surface area contributed by atoms with Crippen molar-refractivity contribution in [1.29, 1.82) is 0 Å². The van der Waals surface area contributed by atoms with E-state index in [-0.39, 0.29) is 12.4 Å². The summed E-state index contributed by atoms with van der Waals surface area (Å²) in [6, 6.07) is -0.301. The molecule has 1 unspecified atom stereocenters. The Kier molecular flexibility index (Phi) is 2.12. The molecule has 1 aliphatic heterocycles. The Labute approximate surface area is 90.3 Å². The third-order valence-corrected chi connectivity index (χ3v) is 3.31. The maximum Gasteiger partial charge on any atom is 0.306 e. The minimum atomic E-state index is -3.19. The van der Waals surface area contributed by atoms with Crippen molar-refractivity contribution in [3.8, 4) is 0 Å². The summed E-state index contributed by atoms with van der Waals surface area (Å²) in [5.41, 5.74) is 3.50. The second-order valence-electron chi connectivity index (χ2n) is 4.38. The van der Waals surface area contributed by atoms with Crippen molar-refractivity contribution >= 4 is 12.0 Å². The van der Waals surface area contributed by atoms with Crippen LogP contribution in [0.4, 0.5) is 8.78 Å². The SMILES string of the molecule is CC1([C@H]2C[C@@H]2C(=O)O)N=C(N)OCC1(F)F. The maximum absolute atomic E-state index is 13.7. The van der Waals surface area contributed by atoms with Crippen molar-refractivity contribution in [2.75, 3.05) is 6.61 Å². The van der Waals surface area contributed by atoms with Crippen LogP contribution in [0, 0.1) is 11.8 Å². The van der Waals surface area contributed by atoms with E-state index in [4.69, 9.17) is 10.8 Å². The summed E-state index contributed by atoms with van der Waals surface area (Å²) < 4.78 is 31.8. The number of aliphatic carboxylic acids is 1. The van der Waals surface area contributed by atoms with Gasteiger partial charge in [0.2, 0.25) is 0 Å². The summed E-state index contributed by atoms with van der Waals surface area (Å²) in [5.74, 6) is -5.69. The Balaban J connectivity index is 2.29. The highest BCUT2D eigenvalue weighted by Gasteiger charge is 2.66. The molecular formula is C9H12F2N2O3. The second-order valence-corrected chi connectivity index (χ2v) is 4.38. The Morgan fingerprint density at radius 3 is 2.81 bits per heavy atom. The van der Waals surface area contributed by atoms with Crippen molar-refractivity contribution in [2.24, 2.45) is 22.6 Å². The summed E-state index contributed by atoms with van der Waals surface area (Å²) in [6.07, 6.45) is 0.207. The highest BCUT2D eigenvalue weighted by molar-refractivity contribution is 5.76. The lowest BCUT2D eigenvalue weighted by Crippen LogP contribution is -2.54. The normalized spacial score (nSPS) is 40.8. The number of aliphatic imine (C=N–C) groups is 1. The first kappa shape index (κ1) is 11.1. The van der Waals surface area contributed by atoms with Crippen molar-refractivity contribution < 1.29 is 23.4 Å². The van der Waals surface area contributed by atoms with Gasteiger partial charge in [0, 0.05) is 5.92 Å². The zero-order valence-corrected chi connectivity index (χ0v) is 8.61. The molecule has 0 bridgehead atoms. The minimum absolute atomic E-state index is 0.207. The van der Waals surface area contributed by atoms with E-state index in [1.165, 1.54) is 6.92 Å². The number of halogens is 2. The van der Waals surface area contributed by atoms with Gasteiger partial charge in [0.1, 0.15) is 5.54 Å². The van der Waals surface area contributed by atoms with Crippen LogP contribution in [-0.4, -0.2) is 35.2 Å². The summed E-state index contributed by atoms with van der Waals surface area (Å²) >= 11 is 0. The number of hydrogen-bond acceptors (Lipinski definition) is 4. The van der Waals surface area contributed by atoms with E-state index in [2.05, 4.69) is 9.73 Å². The maximum atomic E-state index is 13.7. The summed E-state index contributed by atoms with van der Waals surface area (Å²) in [4.78, 5) is 14.3. The molecule has 1 aliphatic carbocycles. The molecule has 3 atom stereocenters. The standard InChI is InChI=1S/C9H12F2N2O3/c1-8(5-2-4(5)6(14)15)9(10,11)3-16-7(12)13-8/h4-5H,2-3H2,1H3,(H2,12,13)(H,14,15)/t4-,5-,8?/m0/s1. The van der Waals surface area contributed by atoms with Gasteiger partial charge in [-0.3, -0.25) is 4.79 Å². The average molecular weight is 234 g/mol. The number of carbonyl (C=O) groups is 1. The van der Waals surface area contributed by atoms with E-state index in [1.54, 1.807) is 0 Å². The van der Waals surface area contributed by atoms with Crippen LogP contribution in [-0.2, 0) is 9.53 Å². The third-order valence-electron chi connectivity index (χ3n) is 3.31. The molecule has 90 valence electrons. The number of amidine groups is 1. The lowest BCUT2D eigenvalue weighted by atomic mass is 9.87. The first-order chi connectivity index (χ1) is 7.28. The van der Waals surface area contributed by atoms with Gasteiger partial charge >= 0.3 is 11.9 Å². The Hall–Kier alpha value is -1.40. The molecule has 0 aromatic carbocycles. The van der Waals surface area contributed by atoms with Crippen LogP contribution in [0.15, 0.2) is 4.99 Å². The summed E-state index contributed by atoms with van der Waals surface area (Å²) in [7, 11) is 0. The molecule has 2 aliphatic rings. The van der Waals surface area contributed by atoms with E-state index < -0.39 is 35.9 Å². The van der Waals surface area contributed by atoms with Crippen molar-refractivity contribution in [2.45, 2.75) is 24.8 Å². The topological polar surface area (TPSA) is 84.9 Å². The van der Waals surface area contributed by atoms with Gasteiger partial charge < -0.3 is 15.6 Å². The molecule has 3 N–H and O–H groups in total. The van der Waals surface area contributed by atoms with Crippen LogP contribution < -0.4 is 5.73 Å². The zero-order valence-electron chi connectivity index (χ0n) is 8.61. The van der Waals surface area contributed by atoms with Crippen LogP contribution >= 0.6 is 0 Å². The fourth-order valence-electron chi connectivity index (χ4n) is 2.10. The number of alkyl halides is 2. The van der Waals surface area contributed by atoms with Crippen LogP contribution in [0.1, 0.15) is 13.3 Å². The lowest BCUT2D eigenvalue weighted by molar-refractivity contribution is -0.142. The van der Waals surface area contributed by atoms with Crippen molar-refractivity contribution in [3.05, 3.63) is 0 Å². The van der Waals surface area contributed by atoms with Gasteiger partial charge in [0.15, 0.2) is 6.61 Å². The smallest absolute Gasteiger partial charge is 0.306 e. The summed E-state index contributed by atoms with van der Waals surface area (Å²) in [6.45, 7) is 0.387. The van der Waals surface area contributed by atoms with Crippen LogP contribution in [0.25, 0.3) is 0 Å². The number of nitrogens with zero attached hydrogens (tertiary/aromatic N) is 1. The number of nitrogens with two attached hydrogens (primary N) is 1. The molecule has 1 fully saturated rings. The first-order valence-electron chi connectivity index (χ1n) is 4.87. The first-order valence-corrected chi connectivity index (χ1v) is 4.87. The number of hydrogen-bond donors (Lipinski definition) is 2. The Morgan fingerprint density at radius 2 is 2.31 bits per heavy atom. The van der Waals surface area contributed by atoms with E-state index in [1.807, 2.05) is 0 Å². The largest absolute Gasteiger partial charge is 0.481 e. The predicted molar refractivity (Wildman–Crippen MR) is 50.2 cm³/mol. The van der Waals surface area contributed by atoms with Crippen molar-refractivity contribution in [3.63, 3.8) is 0 Å². The van der Waals surface area contributed by atoms with Gasteiger partial charge in [-0.15, -0.1) is 0 Å². The molecule has 0 aromatic heterocycles. The molecular weight excluding hydrogens is 222 g/mol. The lowest BCUT2D eigenvalue weighted by Gasteiger charge is -2.37. The molecule has 0 amide bonds. The van der Waals surface area contributed by atoms with Gasteiger partial charge in [-0.2, -0.15) is 0 Å². The third kappa shape index (κ3) is 1.42. The van der Waals surface area contributed by atoms with E-state index in [0.717, 1.165) is 0 Å². The highest BCUT2D eigenvalue weighted by Crippen LogP contribution is 2.55. The molecule has 0 aromatic rings. The van der Waals surface area contributed by atoms with Gasteiger partial charge in [-0.05, 0) is 13.3 Å². The molecule has 2 rings (SSSR count). The Morgan fingerprint density at radius 1 is 1.69 bits per heavy atom. The monoisotopic (exact) mass is 234 g/mol. The number of ether oxygens (including phenoxy) is 1. The summed E-state index contributed by atoms with van der Waals surface area (Å²) in [5, 5.41) is 8.75. The zero-order chi connectivity index (χ0) is 12.1. The molecule has 1 heterocycles. The molecule has 0 radical (unpaired) electrons. The van der Waals surface area contributed by atoms with Gasteiger partial charge in [-0.1, -0.05) is 0 Å². The molecule has 7 heteroatoms. The van der Waals surface area contributed by atoms with Crippen LogP contribution in [0.5, 0.6) is 0 Å².